The van der Waals surface area contributed by atoms with Crippen LogP contribution in [0.1, 0.15) is 49.7 Å². The Morgan fingerprint density at radius 3 is 2.80 bits per heavy atom. The molecule has 4 rings (SSSR count). The normalized spacial score (nSPS) is 33.8. The average molecular weight is 299 g/mol. The third-order valence-corrected chi connectivity index (χ3v) is 5.00. The molecule has 0 bridgehead atoms. The predicted octanol–water partition coefficient (Wildman–Crippen LogP) is 1.93. The van der Waals surface area contributed by atoms with Gasteiger partial charge in [0.2, 0.25) is 5.89 Å². The summed E-state index contributed by atoms with van der Waals surface area (Å²) in [7, 11) is 0. The summed E-state index contributed by atoms with van der Waals surface area (Å²) in [4.78, 5) is 6.98. The Morgan fingerprint density at radius 1 is 1.20 bits per heavy atom. The van der Waals surface area contributed by atoms with Crippen molar-refractivity contribution in [2.45, 2.75) is 50.6 Å². The van der Waals surface area contributed by atoms with Crippen LogP contribution in [0.5, 0.6) is 0 Å². The minimum Gasteiger partial charge on any atom is -0.339 e. The van der Waals surface area contributed by atoms with Crippen LogP contribution in [0.3, 0.4) is 0 Å². The van der Waals surface area contributed by atoms with Gasteiger partial charge >= 0.3 is 0 Å². The van der Waals surface area contributed by atoms with Crippen LogP contribution in [0.15, 0.2) is 4.52 Å². The van der Waals surface area contributed by atoms with Gasteiger partial charge in [0.25, 0.3) is 0 Å². The third-order valence-electron chi connectivity index (χ3n) is 5.00. The number of halogens is 1. The lowest BCUT2D eigenvalue weighted by Gasteiger charge is -2.29. The Kier molecular flexibility index (Phi) is 4.02. The van der Waals surface area contributed by atoms with Crippen molar-refractivity contribution in [3.63, 3.8) is 0 Å². The van der Waals surface area contributed by atoms with Crippen LogP contribution in [-0.4, -0.2) is 34.2 Å². The highest BCUT2D eigenvalue weighted by molar-refractivity contribution is 5.85. The molecule has 0 amide bonds. The number of nitrogens with zero attached hydrogens (tertiary/aromatic N) is 3. The lowest BCUT2D eigenvalue weighted by atomic mass is 9.78. The molecule has 1 saturated heterocycles. The molecule has 2 aliphatic carbocycles. The Hall–Kier alpha value is -0.650. The number of likely N-dealkylation sites (tertiary alicyclic amines) is 1. The number of nitrogens with two attached hydrogens (primary N) is 1. The Morgan fingerprint density at radius 2 is 2.05 bits per heavy atom. The molecule has 2 saturated carbocycles. The lowest BCUT2D eigenvalue weighted by molar-refractivity contribution is 0.258. The maximum atomic E-state index is 6.25. The zero-order valence-electron chi connectivity index (χ0n) is 11.7. The van der Waals surface area contributed by atoms with Gasteiger partial charge < -0.3 is 10.3 Å². The first-order valence-electron chi connectivity index (χ1n) is 7.60. The highest BCUT2D eigenvalue weighted by Gasteiger charge is 2.39. The minimum atomic E-state index is 0. The summed E-state index contributed by atoms with van der Waals surface area (Å²) in [5.74, 6) is 3.73. The van der Waals surface area contributed by atoms with E-state index in [1.54, 1.807) is 0 Å². The fourth-order valence-corrected chi connectivity index (χ4v) is 3.77. The van der Waals surface area contributed by atoms with Crippen molar-refractivity contribution in [1.82, 2.24) is 15.0 Å². The maximum Gasteiger partial charge on any atom is 0.229 e. The van der Waals surface area contributed by atoms with E-state index in [-0.39, 0.29) is 12.4 Å². The van der Waals surface area contributed by atoms with Crippen molar-refractivity contribution in [3.05, 3.63) is 11.7 Å². The molecule has 0 aromatic carbocycles. The maximum absolute atomic E-state index is 6.25. The van der Waals surface area contributed by atoms with Crippen molar-refractivity contribution in [1.29, 1.82) is 0 Å². The molecule has 3 unspecified atom stereocenters. The van der Waals surface area contributed by atoms with E-state index >= 15 is 0 Å². The van der Waals surface area contributed by atoms with Gasteiger partial charge in [-0.05, 0) is 37.5 Å². The molecular weight excluding hydrogens is 276 g/mol. The molecule has 5 nitrogen and oxygen atoms in total. The lowest BCUT2D eigenvalue weighted by Crippen LogP contribution is -2.38. The number of hydrogen-bond acceptors (Lipinski definition) is 5. The minimum absolute atomic E-state index is 0. The predicted molar refractivity (Wildman–Crippen MR) is 77.6 cm³/mol. The Balaban J connectivity index is 0.00000121. The van der Waals surface area contributed by atoms with E-state index in [4.69, 9.17) is 10.3 Å². The van der Waals surface area contributed by atoms with Gasteiger partial charge in [0.1, 0.15) is 0 Å². The quantitative estimate of drug-likeness (QED) is 0.923. The van der Waals surface area contributed by atoms with Gasteiger partial charge in [0.05, 0.1) is 6.54 Å². The van der Waals surface area contributed by atoms with E-state index in [9.17, 15) is 0 Å². The van der Waals surface area contributed by atoms with Crippen LogP contribution in [0, 0.1) is 11.8 Å². The molecule has 6 heteroatoms. The molecule has 2 heterocycles. The molecule has 1 aromatic rings. The molecule has 3 aliphatic rings. The highest BCUT2D eigenvalue weighted by atomic mass is 35.5. The standard InChI is InChI=1S/C14H22N4O.ClH/c15-12-3-1-2-10-6-18(7-11(10)12)8-13-16-14(19-17-13)9-4-5-9;/h9-12H,1-8,15H2;1H. The zero-order valence-corrected chi connectivity index (χ0v) is 12.5. The van der Waals surface area contributed by atoms with Gasteiger partial charge in [-0.1, -0.05) is 11.6 Å². The SMILES string of the molecule is Cl.NC1CCCC2CN(Cc3noc(C4CC4)n3)CC12. The molecule has 1 aliphatic heterocycles. The second-order valence-corrected chi connectivity index (χ2v) is 6.54. The van der Waals surface area contributed by atoms with Gasteiger partial charge in [-0.2, -0.15) is 4.98 Å². The summed E-state index contributed by atoms with van der Waals surface area (Å²) >= 11 is 0. The zero-order chi connectivity index (χ0) is 12.8. The van der Waals surface area contributed by atoms with Crippen LogP contribution < -0.4 is 5.73 Å². The van der Waals surface area contributed by atoms with E-state index < -0.39 is 0 Å². The van der Waals surface area contributed by atoms with E-state index in [2.05, 4.69) is 15.0 Å². The van der Waals surface area contributed by atoms with Crippen LogP contribution in [0.4, 0.5) is 0 Å². The molecule has 3 fully saturated rings. The summed E-state index contributed by atoms with van der Waals surface area (Å²) < 4.78 is 5.33. The van der Waals surface area contributed by atoms with Crippen molar-refractivity contribution in [3.8, 4) is 0 Å². The monoisotopic (exact) mass is 298 g/mol. The molecule has 1 aromatic heterocycles. The number of aromatic nitrogens is 2. The van der Waals surface area contributed by atoms with E-state index in [1.165, 1.54) is 32.1 Å². The molecular formula is C14H23ClN4O. The molecule has 112 valence electrons. The first-order valence-corrected chi connectivity index (χ1v) is 7.60. The van der Waals surface area contributed by atoms with Gasteiger partial charge in [-0.25, -0.2) is 0 Å². The van der Waals surface area contributed by atoms with Crippen LogP contribution >= 0.6 is 12.4 Å². The number of hydrogen-bond donors (Lipinski definition) is 1. The fourth-order valence-electron chi connectivity index (χ4n) is 3.77. The van der Waals surface area contributed by atoms with Gasteiger partial charge in [-0.3, -0.25) is 4.90 Å². The van der Waals surface area contributed by atoms with Gasteiger partial charge in [0, 0.05) is 25.0 Å². The second-order valence-electron chi connectivity index (χ2n) is 6.54. The molecule has 0 spiro atoms. The Labute approximate surface area is 125 Å². The Bertz CT molecular complexity index is 462. The van der Waals surface area contributed by atoms with Crippen molar-refractivity contribution in [2.75, 3.05) is 13.1 Å². The first kappa shape index (κ1) is 14.3. The molecule has 0 radical (unpaired) electrons. The van der Waals surface area contributed by atoms with E-state index in [1.807, 2.05) is 0 Å². The molecule has 2 N–H and O–H groups in total. The van der Waals surface area contributed by atoms with E-state index in [0.29, 0.717) is 17.9 Å². The molecule has 20 heavy (non-hydrogen) atoms. The molecule has 3 atom stereocenters. The first-order chi connectivity index (χ1) is 9.29. The number of fused-ring (bicyclic) bond motifs is 1. The second kappa shape index (κ2) is 5.62. The van der Waals surface area contributed by atoms with Crippen molar-refractivity contribution >= 4 is 12.4 Å². The van der Waals surface area contributed by atoms with E-state index in [0.717, 1.165) is 37.3 Å². The van der Waals surface area contributed by atoms with Crippen molar-refractivity contribution < 1.29 is 4.52 Å². The summed E-state index contributed by atoms with van der Waals surface area (Å²) in [5.41, 5.74) is 6.25. The van der Waals surface area contributed by atoms with Gasteiger partial charge in [-0.15, -0.1) is 12.4 Å². The summed E-state index contributed by atoms with van der Waals surface area (Å²) in [6.45, 7) is 3.10. The van der Waals surface area contributed by atoms with Crippen LogP contribution in [0.2, 0.25) is 0 Å². The van der Waals surface area contributed by atoms with Crippen LogP contribution in [-0.2, 0) is 6.54 Å². The summed E-state index contributed by atoms with van der Waals surface area (Å²) in [5, 5.41) is 4.12. The summed E-state index contributed by atoms with van der Waals surface area (Å²) in [6, 6.07) is 0.399. The summed E-state index contributed by atoms with van der Waals surface area (Å²) in [6.07, 6.45) is 6.26. The topological polar surface area (TPSA) is 68.2 Å². The van der Waals surface area contributed by atoms with Crippen molar-refractivity contribution in [2.24, 2.45) is 17.6 Å². The highest BCUT2D eigenvalue weighted by Crippen LogP contribution is 2.39. The van der Waals surface area contributed by atoms with Gasteiger partial charge in [0.15, 0.2) is 5.82 Å². The van der Waals surface area contributed by atoms with Crippen LogP contribution in [0.25, 0.3) is 0 Å². The smallest absolute Gasteiger partial charge is 0.229 e. The average Bonchev–Trinajstić information content (AvgIpc) is 3.00. The third kappa shape index (κ3) is 2.71. The number of rotatable bonds is 3. The largest absolute Gasteiger partial charge is 0.339 e. The fraction of sp³-hybridized carbons (Fsp3) is 0.857.